The quantitative estimate of drug-likeness (QED) is 0.647. The van der Waals surface area contributed by atoms with Gasteiger partial charge >= 0.3 is 0 Å². The molecule has 2 rings (SSSR count). The summed E-state index contributed by atoms with van der Waals surface area (Å²) in [6, 6.07) is 4.73. The molecule has 1 aliphatic rings. The van der Waals surface area contributed by atoms with Crippen molar-refractivity contribution in [3.63, 3.8) is 0 Å². The first-order valence-electron chi connectivity index (χ1n) is 6.52. The van der Waals surface area contributed by atoms with Crippen molar-refractivity contribution in [1.29, 1.82) is 0 Å². The van der Waals surface area contributed by atoms with E-state index in [9.17, 15) is 8.78 Å². The molecule has 5 heteroatoms. The molecule has 0 bridgehead atoms. The smallest absolute Gasteiger partial charge is 0.191 e. The maximum atomic E-state index is 13.4. The van der Waals surface area contributed by atoms with Gasteiger partial charge in [0.2, 0.25) is 0 Å². The van der Waals surface area contributed by atoms with Crippen molar-refractivity contribution in [2.24, 2.45) is 10.9 Å². The van der Waals surface area contributed by atoms with Gasteiger partial charge in [0, 0.05) is 19.6 Å². The standard InChI is InChI=1S/C14H19F2N3/c1-9-8-12(9)19-14(17-2)18-7-6-10-4-3-5-11(15)13(10)16/h3-5,9,12H,6-8H2,1-2H3,(H2,17,18,19). The summed E-state index contributed by atoms with van der Waals surface area (Å²) in [5, 5.41) is 6.38. The van der Waals surface area contributed by atoms with E-state index in [-0.39, 0.29) is 0 Å². The Labute approximate surface area is 112 Å². The number of hydrogen-bond donors (Lipinski definition) is 2. The maximum Gasteiger partial charge on any atom is 0.191 e. The molecule has 0 saturated heterocycles. The van der Waals surface area contributed by atoms with E-state index < -0.39 is 11.6 Å². The maximum absolute atomic E-state index is 13.4. The molecule has 2 atom stereocenters. The van der Waals surface area contributed by atoms with Gasteiger partial charge in [0.25, 0.3) is 0 Å². The van der Waals surface area contributed by atoms with E-state index >= 15 is 0 Å². The Morgan fingerprint density at radius 1 is 1.42 bits per heavy atom. The summed E-state index contributed by atoms with van der Waals surface area (Å²) in [6.07, 6.45) is 1.57. The fourth-order valence-corrected chi connectivity index (χ4v) is 1.95. The number of hydrogen-bond acceptors (Lipinski definition) is 1. The number of halogens is 2. The fourth-order valence-electron chi connectivity index (χ4n) is 1.95. The molecule has 1 saturated carbocycles. The average Bonchev–Trinajstić information content (AvgIpc) is 3.09. The molecule has 0 aromatic heterocycles. The van der Waals surface area contributed by atoms with E-state index in [1.807, 2.05) is 0 Å². The average molecular weight is 267 g/mol. The Kier molecular flexibility index (Phi) is 4.35. The molecular formula is C14H19F2N3. The number of nitrogens with zero attached hydrogens (tertiary/aromatic N) is 1. The summed E-state index contributed by atoms with van der Waals surface area (Å²) in [7, 11) is 1.70. The Morgan fingerprint density at radius 3 is 2.79 bits per heavy atom. The van der Waals surface area contributed by atoms with Crippen molar-refractivity contribution in [3.05, 3.63) is 35.4 Å². The van der Waals surface area contributed by atoms with Crippen LogP contribution in [0, 0.1) is 17.6 Å². The van der Waals surface area contributed by atoms with E-state index in [1.54, 1.807) is 13.1 Å². The minimum atomic E-state index is -0.799. The van der Waals surface area contributed by atoms with Gasteiger partial charge in [-0.05, 0) is 30.4 Å². The van der Waals surface area contributed by atoms with Crippen molar-refractivity contribution >= 4 is 5.96 Å². The summed E-state index contributed by atoms with van der Waals surface area (Å²) in [5.41, 5.74) is 0.378. The van der Waals surface area contributed by atoms with Crippen LogP contribution >= 0.6 is 0 Å². The molecule has 0 radical (unpaired) electrons. The van der Waals surface area contributed by atoms with E-state index in [4.69, 9.17) is 0 Å². The van der Waals surface area contributed by atoms with Gasteiger partial charge in [0.05, 0.1) is 0 Å². The summed E-state index contributed by atoms with van der Waals surface area (Å²) in [4.78, 5) is 4.10. The minimum Gasteiger partial charge on any atom is -0.356 e. The highest BCUT2D eigenvalue weighted by Gasteiger charge is 2.33. The van der Waals surface area contributed by atoms with Gasteiger partial charge in [-0.1, -0.05) is 19.1 Å². The van der Waals surface area contributed by atoms with Gasteiger partial charge in [0.1, 0.15) is 0 Å². The molecule has 1 aromatic carbocycles. The highest BCUT2D eigenvalue weighted by molar-refractivity contribution is 5.80. The van der Waals surface area contributed by atoms with E-state index in [1.165, 1.54) is 6.07 Å². The van der Waals surface area contributed by atoms with Gasteiger partial charge in [0.15, 0.2) is 17.6 Å². The molecule has 0 amide bonds. The van der Waals surface area contributed by atoms with Crippen molar-refractivity contribution in [2.75, 3.05) is 13.6 Å². The predicted octanol–water partition coefficient (Wildman–Crippen LogP) is 2.08. The number of aliphatic imine (C=N–C) groups is 1. The van der Waals surface area contributed by atoms with Crippen molar-refractivity contribution < 1.29 is 8.78 Å². The van der Waals surface area contributed by atoms with Gasteiger partial charge in [-0.3, -0.25) is 4.99 Å². The number of nitrogens with one attached hydrogen (secondary N) is 2. The molecule has 2 unspecified atom stereocenters. The first kappa shape index (κ1) is 13.8. The fraction of sp³-hybridized carbons (Fsp3) is 0.500. The van der Waals surface area contributed by atoms with Crippen molar-refractivity contribution in [1.82, 2.24) is 10.6 Å². The molecule has 1 aromatic rings. The van der Waals surface area contributed by atoms with Crippen LogP contribution in [0.5, 0.6) is 0 Å². The zero-order valence-electron chi connectivity index (χ0n) is 11.2. The topological polar surface area (TPSA) is 36.4 Å². The lowest BCUT2D eigenvalue weighted by Gasteiger charge is -2.11. The van der Waals surface area contributed by atoms with Crippen LogP contribution in [-0.2, 0) is 6.42 Å². The van der Waals surface area contributed by atoms with Crippen LogP contribution in [0.1, 0.15) is 18.9 Å². The molecule has 2 N–H and O–H groups in total. The molecule has 0 spiro atoms. The van der Waals surface area contributed by atoms with Crippen molar-refractivity contribution in [3.8, 4) is 0 Å². The van der Waals surface area contributed by atoms with Crippen LogP contribution in [0.25, 0.3) is 0 Å². The zero-order chi connectivity index (χ0) is 13.8. The van der Waals surface area contributed by atoms with Gasteiger partial charge in [-0.15, -0.1) is 0 Å². The molecule has 0 heterocycles. The second-order valence-electron chi connectivity index (χ2n) is 4.93. The van der Waals surface area contributed by atoms with E-state index in [0.717, 1.165) is 12.5 Å². The Morgan fingerprint density at radius 2 is 2.16 bits per heavy atom. The monoisotopic (exact) mass is 267 g/mol. The molecule has 3 nitrogen and oxygen atoms in total. The van der Waals surface area contributed by atoms with E-state index in [2.05, 4.69) is 22.5 Å². The van der Waals surface area contributed by atoms with Crippen LogP contribution in [-0.4, -0.2) is 25.6 Å². The van der Waals surface area contributed by atoms with Gasteiger partial charge < -0.3 is 10.6 Å². The molecule has 104 valence electrons. The molecular weight excluding hydrogens is 248 g/mol. The second kappa shape index (κ2) is 5.99. The molecule has 0 aliphatic heterocycles. The summed E-state index contributed by atoms with van der Waals surface area (Å²) >= 11 is 0. The molecule has 1 aliphatic carbocycles. The summed E-state index contributed by atoms with van der Waals surface area (Å²) in [5.74, 6) is -0.166. The lowest BCUT2D eigenvalue weighted by Crippen LogP contribution is -2.40. The zero-order valence-corrected chi connectivity index (χ0v) is 11.2. The second-order valence-corrected chi connectivity index (χ2v) is 4.93. The number of guanidine groups is 1. The third-order valence-corrected chi connectivity index (χ3v) is 3.37. The minimum absolute atomic E-state index is 0.378. The third-order valence-electron chi connectivity index (χ3n) is 3.37. The van der Waals surface area contributed by atoms with Crippen LogP contribution < -0.4 is 10.6 Å². The van der Waals surface area contributed by atoms with Gasteiger partial charge in [-0.2, -0.15) is 0 Å². The Balaban J connectivity index is 1.80. The number of rotatable bonds is 4. The van der Waals surface area contributed by atoms with Crippen LogP contribution in [0.15, 0.2) is 23.2 Å². The highest BCUT2D eigenvalue weighted by atomic mass is 19.2. The Hall–Kier alpha value is -1.65. The van der Waals surface area contributed by atoms with Crippen molar-refractivity contribution in [2.45, 2.75) is 25.8 Å². The molecule has 19 heavy (non-hydrogen) atoms. The largest absolute Gasteiger partial charge is 0.356 e. The van der Waals surface area contributed by atoms with E-state index in [0.29, 0.717) is 36.4 Å². The normalized spacial score (nSPS) is 22.2. The third kappa shape index (κ3) is 3.66. The first-order chi connectivity index (χ1) is 9.11. The lowest BCUT2D eigenvalue weighted by molar-refractivity contribution is 0.498. The SMILES string of the molecule is CN=C(NCCc1cccc(F)c1F)NC1CC1C. The predicted molar refractivity (Wildman–Crippen MR) is 72.1 cm³/mol. The lowest BCUT2D eigenvalue weighted by atomic mass is 10.1. The number of benzene rings is 1. The first-order valence-corrected chi connectivity index (χ1v) is 6.52. The summed E-state index contributed by atoms with van der Waals surface area (Å²) in [6.45, 7) is 2.69. The van der Waals surface area contributed by atoms with Gasteiger partial charge in [-0.25, -0.2) is 8.78 Å². The summed E-state index contributed by atoms with van der Waals surface area (Å²) < 4.78 is 26.5. The van der Waals surface area contributed by atoms with Crippen LogP contribution in [0.2, 0.25) is 0 Å². The Bertz CT molecular complexity index is 474. The van der Waals surface area contributed by atoms with Crippen LogP contribution in [0.3, 0.4) is 0 Å². The van der Waals surface area contributed by atoms with Crippen LogP contribution in [0.4, 0.5) is 8.78 Å². The highest BCUT2D eigenvalue weighted by Crippen LogP contribution is 2.28. The molecule has 1 fully saturated rings.